The van der Waals surface area contributed by atoms with E-state index in [0.717, 1.165) is 11.4 Å². The number of rotatable bonds is 6. The number of hydrogen-bond donors (Lipinski definition) is 1. The van der Waals surface area contributed by atoms with Crippen molar-refractivity contribution in [2.75, 3.05) is 5.32 Å². The number of amides is 1. The Hall–Kier alpha value is -3.52. The van der Waals surface area contributed by atoms with E-state index in [4.69, 9.17) is 4.74 Å². The fraction of sp³-hybridized carbons (Fsp3) is 0.143. The molecule has 0 radical (unpaired) electrons. The number of hydrogen-bond acceptors (Lipinski definition) is 6. The number of fused-ring (bicyclic) bond motifs is 1. The Morgan fingerprint density at radius 1 is 1.14 bits per heavy atom. The van der Waals surface area contributed by atoms with Crippen LogP contribution >= 0.6 is 11.3 Å². The minimum absolute atomic E-state index is 0.167. The van der Waals surface area contributed by atoms with E-state index in [2.05, 4.69) is 15.4 Å². The predicted octanol–water partition coefficient (Wildman–Crippen LogP) is 3.54. The molecule has 0 aliphatic rings. The molecule has 146 valence electrons. The summed E-state index contributed by atoms with van der Waals surface area (Å²) in [5.41, 5.74) is 1.59. The maximum absolute atomic E-state index is 12.2. The largest absolute Gasteiger partial charge is 0.487 e. The van der Waals surface area contributed by atoms with Gasteiger partial charge in [0, 0.05) is 17.3 Å². The maximum Gasteiger partial charge on any atom is 0.275 e. The number of aryl methyl sites for hydroxylation is 1. The van der Waals surface area contributed by atoms with Crippen LogP contribution in [-0.4, -0.2) is 20.5 Å². The Morgan fingerprint density at radius 3 is 2.62 bits per heavy atom. The van der Waals surface area contributed by atoms with Crippen LogP contribution in [0.25, 0.3) is 4.96 Å². The van der Waals surface area contributed by atoms with Gasteiger partial charge in [-0.1, -0.05) is 36.5 Å². The molecule has 0 spiro atoms. The van der Waals surface area contributed by atoms with E-state index in [9.17, 15) is 9.59 Å². The van der Waals surface area contributed by atoms with Crippen LogP contribution in [-0.2, 0) is 13.0 Å². The number of aromatic nitrogens is 3. The summed E-state index contributed by atoms with van der Waals surface area (Å²) >= 11 is 1.40. The lowest BCUT2D eigenvalue weighted by Gasteiger charge is -2.08. The van der Waals surface area contributed by atoms with Gasteiger partial charge in [-0.25, -0.2) is 4.98 Å². The van der Waals surface area contributed by atoms with Gasteiger partial charge in [0.15, 0.2) is 0 Å². The molecule has 0 fully saturated rings. The average Bonchev–Trinajstić information content (AvgIpc) is 3.18. The number of ether oxygens (including phenoxy) is 1. The van der Waals surface area contributed by atoms with Crippen LogP contribution in [0.15, 0.2) is 65.5 Å². The van der Waals surface area contributed by atoms with Crippen LogP contribution < -0.4 is 15.6 Å². The molecule has 1 amide bonds. The molecule has 29 heavy (non-hydrogen) atoms. The van der Waals surface area contributed by atoms with Crippen molar-refractivity contribution in [2.45, 2.75) is 20.0 Å². The fourth-order valence-electron chi connectivity index (χ4n) is 2.70. The Labute approximate surface area is 170 Å². The lowest BCUT2D eigenvalue weighted by Crippen LogP contribution is -2.16. The number of anilines is 1. The first kappa shape index (κ1) is 18.8. The zero-order chi connectivity index (χ0) is 20.2. The zero-order valence-electron chi connectivity index (χ0n) is 15.7. The van der Waals surface area contributed by atoms with E-state index in [1.807, 2.05) is 25.1 Å². The third kappa shape index (κ3) is 4.33. The third-order valence-corrected chi connectivity index (χ3v) is 5.23. The van der Waals surface area contributed by atoms with Gasteiger partial charge >= 0.3 is 0 Å². The number of carbonyl (C=O) groups excluding carboxylic acids is 1. The van der Waals surface area contributed by atoms with Gasteiger partial charge in [0.2, 0.25) is 4.96 Å². The number of nitrogens with zero attached hydrogens (tertiary/aromatic N) is 3. The monoisotopic (exact) mass is 406 g/mol. The SMILES string of the molecule is CCc1nn2c(=O)cc(COc3ccc(NC(=O)c4ccccc4)cc3)nc2s1. The molecule has 4 aromatic rings. The van der Waals surface area contributed by atoms with Gasteiger partial charge in [-0.15, -0.1) is 0 Å². The van der Waals surface area contributed by atoms with Crippen molar-refractivity contribution in [3.63, 3.8) is 0 Å². The maximum atomic E-state index is 12.2. The van der Waals surface area contributed by atoms with E-state index in [-0.39, 0.29) is 18.1 Å². The molecule has 2 aromatic heterocycles. The summed E-state index contributed by atoms with van der Waals surface area (Å²) in [6.07, 6.45) is 0.756. The van der Waals surface area contributed by atoms with Crippen molar-refractivity contribution in [3.8, 4) is 5.75 Å². The Bertz CT molecular complexity index is 1200. The average molecular weight is 406 g/mol. The van der Waals surface area contributed by atoms with Crippen LogP contribution in [0.5, 0.6) is 5.75 Å². The van der Waals surface area contributed by atoms with Crippen LogP contribution in [0.2, 0.25) is 0 Å². The summed E-state index contributed by atoms with van der Waals surface area (Å²) < 4.78 is 7.05. The third-order valence-electron chi connectivity index (χ3n) is 4.18. The van der Waals surface area contributed by atoms with Crippen LogP contribution in [0, 0.1) is 0 Å². The van der Waals surface area contributed by atoms with E-state index in [0.29, 0.717) is 27.7 Å². The summed E-state index contributed by atoms with van der Waals surface area (Å²) in [6, 6.07) is 17.5. The Morgan fingerprint density at radius 2 is 1.90 bits per heavy atom. The lowest BCUT2D eigenvalue weighted by atomic mass is 10.2. The molecule has 7 nitrogen and oxygen atoms in total. The molecule has 2 heterocycles. The van der Waals surface area contributed by atoms with Gasteiger partial charge < -0.3 is 10.1 Å². The topological polar surface area (TPSA) is 85.6 Å². The molecular formula is C21H18N4O3S. The highest BCUT2D eigenvalue weighted by Gasteiger charge is 2.09. The highest BCUT2D eigenvalue weighted by molar-refractivity contribution is 7.16. The van der Waals surface area contributed by atoms with Crippen LogP contribution in [0.1, 0.15) is 28.0 Å². The molecule has 2 aromatic carbocycles. The zero-order valence-corrected chi connectivity index (χ0v) is 16.5. The van der Waals surface area contributed by atoms with Crippen molar-refractivity contribution >= 4 is 27.9 Å². The van der Waals surface area contributed by atoms with Gasteiger partial charge in [-0.2, -0.15) is 9.61 Å². The first-order valence-corrected chi connectivity index (χ1v) is 9.92. The highest BCUT2D eigenvalue weighted by Crippen LogP contribution is 2.18. The predicted molar refractivity (Wildman–Crippen MR) is 112 cm³/mol. The number of benzene rings is 2. The smallest absolute Gasteiger partial charge is 0.275 e. The number of carbonyl (C=O) groups is 1. The molecular weight excluding hydrogens is 388 g/mol. The molecule has 0 bridgehead atoms. The van der Waals surface area contributed by atoms with Crippen molar-refractivity contribution in [1.82, 2.24) is 14.6 Å². The van der Waals surface area contributed by atoms with Gasteiger partial charge in [0.05, 0.1) is 5.69 Å². The molecule has 0 unspecified atom stereocenters. The second-order valence-electron chi connectivity index (χ2n) is 6.26. The lowest BCUT2D eigenvalue weighted by molar-refractivity contribution is 0.102. The van der Waals surface area contributed by atoms with Gasteiger partial charge in [0.1, 0.15) is 17.4 Å². The van der Waals surface area contributed by atoms with E-state index >= 15 is 0 Å². The fourth-order valence-corrected chi connectivity index (χ4v) is 3.55. The van der Waals surface area contributed by atoms with E-state index in [1.165, 1.54) is 21.9 Å². The molecule has 0 saturated heterocycles. The highest BCUT2D eigenvalue weighted by atomic mass is 32.1. The van der Waals surface area contributed by atoms with Gasteiger partial charge in [0.25, 0.3) is 11.5 Å². The quantitative estimate of drug-likeness (QED) is 0.529. The van der Waals surface area contributed by atoms with E-state index in [1.54, 1.807) is 36.4 Å². The Balaban J connectivity index is 1.41. The molecule has 1 N–H and O–H groups in total. The summed E-state index contributed by atoms with van der Waals surface area (Å²) in [7, 11) is 0. The molecule has 0 atom stereocenters. The van der Waals surface area contributed by atoms with Crippen molar-refractivity contribution < 1.29 is 9.53 Å². The van der Waals surface area contributed by atoms with Crippen LogP contribution in [0.4, 0.5) is 5.69 Å². The normalized spacial score (nSPS) is 10.8. The summed E-state index contributed by atoms with van der Waals surface area (Å²) in [5, 5.41) is 7.93. The molecule has 4 rings (SSSR count). The molecule has 0 aliphatic heterocycles. The van der Waals surface area contributed by atoms with Gasteiger partial charge in [-0.3, -0.25) is 9.59 Å². The Kier molecular flexibility index (Phi) is 5.35. The van der Waals surface area contributed by atoms with Crippen molar-refractivity contribution in [2.24, 2.45) is 0 Å². The van der Waals surface area contributed by atoms with Gasteiger partial charge in [-0.05, 0) is 42.8 Å². The first-order chi connectivity index (χ1) is 14.1. The van der Waals surface area contributed by atoms with Crippen molar-refractivity contribution in [1.29, 1.82) is 0 Å². The summed E-state index contributed by atoms with van der Waals surface area (Å²) in [6.45, 7) is 2.15. The summed E-state index contributed by atoms with van der Waals surface area (Å²) in [4.78, 5) is 29.4. The van der Waals surface area contributed by atoms with E-state index < -0.39 is 0 Å². The standard InChI is InChI=1S/C21H18N4O3S/c1-2-18-24-25-19(26)12-16(23-21(25)29-18)13-28-17-10-8-15(9-11-17)22-20(27)14-6-4-3-5-7-14/h3-12H,2,13H2,1H3,(H,22,27). The van der Waals surface area contributed by atoms with Crippen molar-refractivity contribution in [3.05, 3.63) is 87.3 Å². The minimum atomic E-state index is -0.219. The molecule has 0 saturated carbocycles. The molecule has 0 aliphatic carbocycles. The van der Waals surface area contributed by atoms with Crippen LogP contribution in [0.3, 0.4) is 0 Å². The number of nitrogens with one attached hydrogen (secondary N) is 1. The second-order valence-corrected chi connectivity index (χ2v) is 7.30. The second kappa shape index (κ2) is 8.24. The summed E-state index contributed by atoms with van der Waals surface area (Å²) in [5.74, 6) is 0.441. The minimum Gasteiger partial charge on any atom is -0.487 e. The molecule has 8 heteroatoms. The first-order valence-electron chi connectivity index (χ1n) is 9.10.